The average molecular weight is 288 g/mol. The van der Waals surface area contributed by atoms with E-state index in [0.29, 0.717) is 0 Å². The molecule has 0 unspecified atom stereocenters. The van der Waals surface area contributed by atoms with Gasteiger partial charge in [-0.2, -0.15) is 0 Å². The predicted molar refractivity (Wildman–Crippen MR) is 69.2 cm³/mol. The Labute approximate surface area is 116 Å². The molecule has 0 aliphatic carbocycles. The molecule has 9 heteroatoms. The summed E-state index contributed by atoms with van der Waals surface area (Å²) < 4.78 is 0. The number of aliphatic carboxylic acids is 1. The van der Waals surface area contributed by atoms with Crippen molar-refractivity contribution < 1.29 is 24.3 Å². The third kappa shape index (κ3) is 6.69. The fourth-order valence-electron chi connectivity index (χ4n) is 1.21. The Balaban J connectivity index is 4.27. The molecular formula is C11H20N4O5. The maximum Gasteiger partial charge on any atom is 0.325 e. The number of nitrogens with one attached hydrogen (secondary N) is 2. The number of carboxylic acid groups (broad SMARTS) is 1. The van der Waals surface area contributed by atoms with Crippen molar-refractivity contribution in [3.05, 3.63) is 0 Å². The van der Waals surface area contributed by atoms with Crippen molar-refractivity contribution in [1.82, 2.24) is 10.6 Å². The Morgan fingerprint density at radius 3 is 2.00 bits per heavy atom. The summed E-state index contributed by atoms with van der Waals surface area (Å²) in [6, 6.07) is -2.97. The second-order valence-corrected chi connectivity index (χ2v) is 4.41. The van der Waals surface area contributed by atoms with Crippen LogP contribution in [-0.2, 0) is 19.2 Å². The normalized spacial score (nSPS) is 14.8. The fraction of sp³-hybridized carbons (Fsp3) is 0.636. The van der Waals surface area contributed by atoms with E-state index in [1.807, 2.05) is 0 Å². The van der Waals surface area contributed by atoms with Crippen LogP contribution in [0.15, 0.2) is 0 Å². The van der Waals surface area contributed by atoms with E-state index in [1.54, 1.807) is 0 Å². The second kappa shape index (κ2) is 8.10. The molecule has 0 heterocycles. The molecule has 0 rings (SSSR count). The number of hydrogen-bond donors (Lipinski definition) is 5. The smallest absolute Gasteiger partial charge is 0.325 e. The Hall–Kier alpha value is -2.16. The summed E-state index contributed by atoms with van der Waals surface area (Å²) in [5.74, 6) is -3.02. The molecule has 3 atom stereocenters. The van der Waals surface area contributed by atoms with Gasteiger partial charge in [0.1, 0.15) is 12.1 Å². The average Bonchev–Trinajstić information content (AvgIpc) is 2.35. The largest absolute Gasteiger partial charge is 0.480 e. The lowest BCUT2D eigenvalue weighted by Crippen LogP contribution is -2.52. The quantitative estimate of drug-likeness (QED) is 0.336. The van der Waals surface area contributed by atoms with Gasteiger partial charge in [0.05, 0.1) is 6.04 Å². The highest BCUT2D eigenvalue weighted by atomic mass is 16.4. The summed E-state index contributed by atoms with van der Waals surface area (Å²) in [4.78, 5) is 44.3. The van der Waals surface area contributed by atoms with Crippen molar-refractivity contribution in [2.45, 2.75) is 44.8 Å². The Bertz CT molecular complexity index is 398. The van der Waals surface area contributed by atoms with Crippen molar-refractivity contribution in [2.24, 2.45) is 11.5 Å². The van der Waals surface area contributed by atoms with Gasteiger partial charge in [-0.15, -0.1) is 0 Å². The van der Waals surface area contributed by atoms with Crippen LogP contribution in [0.3, 0.4) is 0 Å². The van der Waals surface area contributed by atoms with Crippen LogP contribution in [0.2, 0.25) is 0 Å². The second-order valence-electron chi connectivity index (χ2n) is 4.41. The third-order valence-electron chi connectivity index (χ3n) is 2.52. The number of amides is 3. The standard InChI is InChI=1S/C11H20N4O5/c1-5(9(17)15-6(2)11(19)20)14-10(18)7(12)3-4-8(13)16/h5-7H,3-4,12H2,1-2H3,(H2,13,16)(H,14,18)(H,15,17)(H,19,20)/t5-,6-,7-/m0/s1. The number of primary amides is 1. The summed E-state index contributed by atoms with van der Waals surface area (Å²) in [6.45, 7) is 2.69. The lowest BCUT2D eigenvalue weighted by molar-refractivity contribution is -0.141. The zero-order valence-corrected chi connectivity index (χ0v) is 11.4. The van der Waals surface area contributed by atoms with E-state index in [1.165, 1.54) is 13.8 Å². The molecule has 9 nitrogen and oxygen atoms in total. The first-order valence-corrected chi connectivity index (χ1v) is 6.02. The first-order chi connectivity index (χ1) is 9.15. The predicted octanol–water partition coefficient (Wildman–Crippen LogP) is -2.33. The summed E-state index contributed by atoms with van der Waals surface area (Å²) in [5, 5.41) is 13.2. The highest BCUT2D eigenvalue weighted by Gasteiger charge is 2.22. The Kier molecular flexibility index (Phi) is 7.22. The highest BCUT2D eigenvalue weighted by molar-refractivity contribution is 5.91. The topological polar surface area (TPSA) is 165 Å². The maximum atomic E-state index is 11.6. The molecule has 3 amide bonds. The molecule has 0 saturated heterocycles. The highest BCUT2D eigenvalue weighted by Crippen LogP contribution is 1.95. The van der Waals surface area contributed by atoms with Gasteiger partial charge in [0, 0.05) is 6.42 Å². The van der Waals surface area contributed by atoms with Crippen LogP contribution in [0.25, 0.3) is 0 Å². The zero-order chi connectivity index (χ0) is 15.9. The number of carboxylic acids is 1. The van der Waals surface area contributed by atoms with Crippen molar-refractivity contribution >= 4 is 23.7 Å². The van der Waals surface area contributed by atoms with Gasteiger partial charge in [-0.3, -0.25) is 19.2 Å². The van der Waals surface area contributed by atoms with E-state index in [0.717, 1.165) is 0 Å². The Morgan fingerprint density at radius 2 is 1.55 bits per heavy atom. The van der Waals surface area contributed by atoms with Gasteiger partial charge >= 0.3 is 5.97 Å². The number of carbonyl (C=O) groups is 4. The van der Waals surface area contributed by atoms with Crippen molar-refractivity contribution in [3.63, 3.8) is 0 Å². The molecule has 7 N–H and O–H groups in total. The van der Waals surface area contributed by atoms with Crippen LogP contribution >= 0.6 is 0 Å². The molecular weight excluding hydrogens is 268 g/mol. The molecule has 0 radical (unpaired) electrons. The molecule has 0 spiro atoms. The number of nitrogens with two attached hydrogens (primary N) is 2. The van der Waals surface area contributed by atoms with E-state index >= 15 is 0 Å². The van der Waals surface area contributed by atoms with Crippen molar-refractivity contribution in [2.75, 3.05) is 0 Å². The zero-order valence-electron chi connectivity index (χ0n) is 11.4. The molecule has 0 fully saturated rings. The van der Waals surface area contributed by atoms with Gasteiger partial charge in [-0.05, 0) is 20.3 Å². The summed E-state index contributed by atoms with van der Waals surface area (Å²) in [6.07, 6.45) is 0.0340. The van der Waals surface area contributed by atoms with Gasteiger partial charge in [0.25, 0.3) is 0 Å². The molecule has 0 saturated carbocycles. The van der Waals surface area contributed by atoms with Gasteiger partial charge in [0.2, 0.25) is 17.7 Å². The lowest BCUT2D eigenvalue weighted by Gasteiger charge is -2.18. The fourth-order valence-corrected chi connectivity index (χ4v) is 1.21. The summed E-state index contributed by atoms with van der Waals surface area (Å²) in [7, 11) is 0. The first-order valence-electron chi connectivity index (χ1n) is 6.02. The number of carbonyl (C=O) groups excluding carboxylic acids is 3. The molecule has 0 aliphatic heterocycles. The molecule has 0 bridgehead atoms. The van der Waals surface area contributed by atoms with Crippen LogP contribution < -0.4 is 22.1 Å². The van der Waals surface area contributed by atoms with Crippen molar-refractivity contribution in [1.29, 1.82) is 0 Å². The molecule has 20 heavy (non-hydrogen) atoms. The molecule has 0 aromatic heterocycles. The van der Waals surface area contributed by atoms with E-state index < -0.39 is 41.8 Å². The minimum Gasteiger partial charge on any atom is -0.480 e. The van der Waals surface area contributed by atoms with Crippen LogP contribution in [0.5, 0.6) is 0 Å². The molecule has 114 valence electrons. The SMILES string of the molecule is C[C@H](NC(=O)[C@H](C)NC(=O)[C@@H](N)CCC(N)=O)C(=O)O. The van der Waals surface area contributed by atoms with Crippen LogP contribution in [-0.4, -0.2) is 46.9 Å². The van der Waals surface area contributed by atoms with Crippen molar-refractivity contribution in [3.8, 4) is 0 Å². The van der Waals surface area contributed by atoms with Crippen LogP contribution in [0.4, 0.5) is 0 Å². The minimum atomic E-state index is -1.19. The van der Waals surface area contributed by atoms with Gasteiger partial charge in [-0.1, -0.05) is 0 Å². The minimum absolute atomic E-state index is 0.0365. The van der Waals surface area contributed by atoms with E-state index in [-0.39, 0.29) is 12.8 Å². The van der Waals surface area contributed by atoms with Gasteiger partial charge in [-0.25, -0.2) is 0 Å². The van der Waals surface area contributed by atoms with Crippen LogP contribution in [0.1, 0.15) is 26.7 Å². The maximum absolute atomic E-state index is 11.6. The molecule has 0 aromatic carbocycles. The molecule has 0 aromatic rings. The van der Waals surface area contributed by atoms with E-state index in [4.69, 9.17) is 16.6 Å². The van der Waals surface area contributed by atoms with E-state index in [9.17, 15) is 19.2 Å². The summed E-state index contributed by atoms with van der Waals surface area (Å²) >= 11 is 0. The monoisotopic (exact) mass is 288 g/mol. The first kappa shape index (κ1) is 17.8. The summed E-state index contributed by atoms with van der Waals surface area (Å²) in [5.41, 5.74) is 10.4. The number of hydrogen-bond acceptors (Lipinski definition) is 5. The van der Waals surface area contributed by atoms with Gasteiger partial charge < -0.3 is 27.2 Å². The number of rotatable bonds is 8. The third-order valence-corrected chi connectivity index (χ3v) is 2.52. The van der Waals surface area contributed by atoms with Crippen LogP contribution in [0, 0.1) is 0 Å². The van der Waals surface area contributed by atoms with Gasteiger partial charge in [0.15, 0.2) is 0 Å². The van der Waals surface area contributed by atoms with E-state index in [2.05, 4.69) is 10.6 Å². The molecule has 0 aliphatic rings. The Morgan fingerprint density at radius 1 is 1.05 bits per heavy atom. The lowest BCUT2D eigenvalue weighted by atomic mass is 10.1.